The zero-order valence-electron chi connectivity index (χ0n) is 10.9. The fourth-order valence-corrected chi connectivity index (χ4v) is 2.64. The predicted molar refractivity (Wildman–Crippen MR) is 80.8 cm³/mol. The Morgan fingerprint density at radius 1 is 1.16 bits per heavy atom. The Labute approximate surface area is 121 Å². The number of nitrogens with two attached hydrogens (primary N) is 1. The van der Waals surface area contributed by atoms with E-state index in [2.05, 4.69) is 47.1 Å². The molecule has 2 aromatic rings. The van der Waals surface area contributed by atoms with Gasteiger partial charge in [-0.2, -0.15) is 0 Å². The number of rotatable bonds is 4. The summed E-state index contributed by atoms with van der Waals surface area (Å²) in [5.74, 6) is 0.0256. The van der Waals surface area contributed by atoms with Crippen molar-refractivity contribution in [2.45, 2.75) is 19.3 Å². The molecule has 0 aliphatic carbocycles. The first kappa shape index (κ1) is 14.2. The second kappa shape index (κ2) is 6.31. The molecule has 19 heavy (non-hydrogen) atoms. The molecule has 2 aromatic carbocycles. The summed E-state index contributed by atoms with van der Waals surface area (Å²) in [4.78, 5) is 0. The molecule has 0 heterocycles. The van der Waals surface area contributed by atoms with Crippen LogP contribution < -0.4 is 5.73 Å². The van der Waals surface area contributed by atoms with Crippen molar-refractivity contribution >= 4 is 15.9 Å². The van der Waals surface area contributed by atoms with Gasteiger partial charge >= 0.3 is 0 Å². The summed E-state index contributed by atoms with van der Waals surface area (Å²) in [5, 5.41) is 0. The van der Waals surface area contributed by atoms with Gasteiger partial charge in [0, 0.05) is 10.4 Å². The minimum Gasteiger partial charge on any atom is -0.330 e. The summed E-state index contributed by atoms with van der Waals surface area (Å²) < 4.78 is 13.9. The average Bonchev–Trinajstić information content (AvgIpc) is 2.39. The summed E-state index contributed by atoms with van der Waals surface area (Å²) in [6, 6.07) is 13.2. The largest absolute Gasteiger partial charge is 0.330 e. The Balaban J connectivity index is 2.21. The third kappa shape index (κ3) is 3.64. The first-order chi connectivity index (χ1) is 9.10. The highest BCUT2D eigenvalue weighted by atomic mass is 79.9. The van der Waals surface area contributed by atoms with Gasteiger partial charge in [-0.3, -0.25) is 0 Å². The normalized spacial score (nSPS) is 12.4. The van der Waals surface area contributed by atoms with Crippen LogP contribution in [-0.4, -0.2) is 6.54 Å². The van der Waals surface area contributed by atoms with E-state index in [1.165, 1.54) is 23.3 Å². The number of hydrogen-bond acceptors (Lipinski definition) is 1. The molecule has 100 valence electrons. The fourth-order valence-electron chi connectivity index (χ4n) is 2.13. The Bertz CT molecular complexity index is 551. The number of aryl methyl sites for hydroxylation is 1. The zero-order chi connectivity index (χ0) is 13.8. The van der Waals surface area contributed by atoms with E-state index in [4.69, 9.17) is 5.73 Å². The maximum atomic E-state index is 13.1. The summed E-state index contributed by atoms with van der Waals surface area (Å²) in [6.07, 6.45) is 0.806. The van der Waals surface area contributed by atoms with Crippen LogP contribution in [0.25, 0.3) is 0 Å². The standard InChI is InChI=1S/C16H17BrFN/c1-11-2-4-12(5-3-11)14(10-19)8-13-6-7-15(18)9-16(13)17/h2-7,9,14H,8,10,19H2,1H3. The lowest BCUT2D eigenvalue weighted by molar-refractivity contribution is 0.623. The summed E-state index contributed by atoms with van der Waals surface area (Å²) in [7, 11) is 0. The second-order valence-electron chi connectivity index (χ2n) is 4.78. The number of benzene rings is 2. The van der Waals surface area contributed by atoms with E-state index < -0.39 is 0 Å². The van der Waals surface area contributed by atoms with Gasteiger partial charge in [0.1, 0.15) is 5.82 Å². The molecular formula is C16H17BrFN. The molecule has 0 fully saturated rings. The van der Waals surface area contributed by atoms with Gasteiger partial charge in [-0.25, -0.2) is 4.39 Å². The maximum absolute atomic E-state index is 13.1. The molecule has 0 radical (unpaired) electrons. The lowest BCUT2D eigenvalue weighted by Crippen LogP contribution is -2.15. The topological polar surface area (TPSA) is 26.0 Å². The molecule has 0 amide bonds. The van der Waals surface area contributed by atoms with Gasteiger partial charge in [-0.05, 0) is 43.1 Å². The van der Waals surface area contributed by atoms with Gasteiger partial charge in [-0.15, -0.1) is 0 Å². The van der Waals surface area contributed by atoms with E-state index in [-0.39, 0.29) is 11.7 Å². The molecular weight excluding hydrogens is 305 g/mol. The van der Waals surface area contributed by atoms with Crippen LogP contribution in [0, 0.1) is 12.7 Å². The summed E-state index contributed by atoms with van der Waals surface area (Å²) >= 11 is 3.41. The van der Waals surface area contributed by atoms with Crippen molar-refractivity contribution in [1.82, 2.24) is 0 Å². The summed E-state index contributed by atoms with van der Waals surface area (Å²) in [6.45, 7) is 2.64. The van der Waals surface area contributed by atoms with E-state index in [1.807, 2.05) is 6.07 Å². The highest BCUT2D eigenvalue weighted by molar-refractivity contribution is 9.10. The van der Waals surface area contributed by atoms with Crippen LogP contribution in [0.2, 0.25) is 0 Å². The highest BCUT2D eigenvalue weighted by Crippen LogP contribution is 2.25. The Morgan fingerprint density at radius 2 is 1.84 bits per heavy atom. The molecule has 0 bridgehead atoms. The van der Waals surface area contributed by atoms with Crippen LogP contribution in [0.15, 0.2) is 46.9 Å². The summed E-state index contributed by atoms with van der Waals surface area (Å²) in [5.41, 5.74) is 9.43. The van der Waals surface area contributed by atoms with E-state index in [0.29, 0.717) is 6.54 Å². The zero-order valence-corrected chi connectivity index (χ0v) is 12.5. The minimum atomic E-state index is -0.227. The third-order valence-corrected chi connectivity index (χ3v) is 4.05. The van der Waals surface area contributed by atoms with Crippen molar-refractivity contribution in [1.29, 1.82) is 0 Å². The average molecular weight is 322 g/mol. The van der Waals surface area contributed by atoms with E-state index >= 15 is 0 Å². The Hall–Kier alpha value is -1.19. The van der Waals surface area contributed by atoms with Gasteiger partial charge in [0.05, 0.1) is 0 Å². The fraction of sp³-hybridized carbons (Fsp3) is 0.250. The quantitative estimate of drug-likeness (QED) is 0.898. The molecule has 0 aliphatic heterocycles. The molecule has 2 N–H and O–H groups in total. The van der Waals surface area contributed by atoms with Crippen LogP contribution >= 0.6 is 15.9 Å². The lowest BCUT2D eigenvalue weighted by atomic mass is 9.91. The maximum Gasteiger partial charge on any atom is 0.124 e. The SMILES string of the molecule is Cc1ccc(C(CN)Cc2ccc(F)cc2Br)cc1. The Kier molecular flexibility index (Phi) is 4.72. The van der Waals surface area contributed by atoms with Gasteiger partial charge in [-0.1, -0.05) is 51.8 Å². The third-order valence-electron chi connectivity index (χ3n) is 3.31. The van der Waals surface area contributed by atoms with Crippen molar-refractivity contribution in [3.05, 3.63) is 69.4 Å². The van der Waals surface area contributed by atoms with Crippen LogP contribution in [0.4, 0.5) is 4.39 Å². The molecule has 1 atom stereocenters. The molecule has 0 spiro atoms. The van der Waals surface area contributed by atoms with Crippen LogP contribution in [0.1, 0.15) is 22.6 Å². The van der Waals surface area contributed by atoms with Gasteiger partial charge in [0.25, 0.3) is 0 Å². The Morgan fingerprint density at radius 3 is 2.42 bits per heavy atom. The molecule has 0 aromatic heterocycles. The smallest absolute Gasteiger partial charge is 0.124 e. The van der Waals surface area contributed by atoms with E-state index in [9.17, 15) is 4.39 Å². The van der Waals surface area contributed by atoms with Crippen LogP contribution in [0.3, 0.4) is 0 Å². The van der Waals surface area contributed by atoms with E-state index in [1.54, 1.807) is 0 Å². The predicted octanol–water partition coefficient (Wildman–Crippen LogP) is 4.18. The minimum absolute atomic E-state index is 0.227. The molecule has 0 saturated heterocycles. The molecule has 0 saturated carbocycles. The van der Waals surface area contributed by atoms with E-state index in [0.717, 1.165) is 16.5 Å². The van der Waals surface area contributed by atoms with Crippen LogP contribution in [-0.2, 0) is 6.42 Å². The number of hydrogen-bond donors (Lipinski definition) is 1. The van der Waals surface area contributed by atoms with Crippen molar-refractivity contribution in [2.75, 3.05) is 6.54 Å². The molecule has 0 aliphatic rings. The van der Waals surface area contributed by atoms with Gasteiger partial charge in [0.2, 0.25) is 0 Å². The van der Waals surface area contributed by atoms with Gasteiger partial charge < -0.3 is 5.73 Å². The lowest BCUT2D eigenvalue weighted by Gasteiger charge is -2.16. The molecule has 1 unspecified atom stereocenters. The van der Waals surface area contributed by atoms with Crippen molar-refractivity contribution in [3.63, 3.8) is 0 Å². The first-order valence-electron chi connectivity index (χ1n) is 6.30. The monoisotopic (exact) mass is 321 g/mol. The van der Waals surface area contributed by atoms with Crippen LogP contribution in [0.5, 0.6) is 0 Å². The first-order valence-corrected chi connectivity index (χ1v) is 7.10. The highest BCUT2D eigenvalue weighted by Gasteiger charge is 2.12. The second-order valence-corrected chi connectivity index (χ2v) is 5.64. The number of halogens is 2. The van der Waals surface area contributed by atoms with Crippen molar-refractivity contribution in [3.8, 4) is 0 Å². The van der Waals surface area contributed by atoms with Gasteiger partial charge in [0.15, 0.2) is 0 Å². The molecule has 1 nitrogen and oxygen atoms in total. The van der Waals surface area contributed by atoms with Crippen molar-refractivity contribution in [2.24, 2.45) is 5.73 Å². The molecule has 3 heteroatoms. The molecule has 2 rings (SSSR count). The van der Waals surface area contributed by atoms with Crippen molar-refractivity contribution < 1.29 is 4.39 Å².